The van der Waals surface area contributed by atoms with E-state index in [-0.39, 0.29) is 0 Å². The maximum atomic E-state index is 6.06. The number of anilines is 2. The molecule has 0 amide bonds. The summed E-state index contributed by atoms with van der Waals surface area (Å²) in [6.07, 6.45) is 0. The Morgan fingerprint density at radius 3 is 2.24 bits per heavy atom. The number of fused-ring (bicyclic) bond motifs is 2. The van der Waals surface area contributed by atoms with Crippen molar-refractivity contribution in [1.29, 1.82) is 0 Å². The lowest BCUT2D eigenvalue weighted by Gasteiger charge is -2.16. The number of nitrogens with one attached hydrogen (secondary N) is 1. The van der Waals surface area contributed by atoms with Crippen LogP contribution in [0.25, 0.3) is 33.1 Å². The fourth-order valence-electron chi connectivity index (χ4n) is 4.18. The van der Waals surface area contributed by atoms with Gasteiger partial charge in [0.1, 0.15) is 11.3 Å². The Labute approximate surface area is 170 Å². The van der Waals surface area contributed by atoms with Crippen LogP contribution in [-0.2, 0) is 0 Å². The molecule has 0 saturated heterocycles. The van der Waals surface area contributed by atoms with E-state index < -0.39 is 0 Å². The molecule has 0 radical (unpaired) electrons. The van der Waals surface area contributed by atoms with Crippen molar-refractivity contribution >= 4 is 33.1 Å². The molecule has 5 rings (SSSR count). The molecule has 0 spiro atoms. The first kappa shape index (κ1) is 17.6. The third-order valence-electron chi connectivity index (χ3n) is 5.53. The second-order valence-electron chi connectivity index (χ2n) is 7.79. The van der Waals surface area contributed by atoms with E-state index in [1.54, 1.807) is 0 Å². The van der Waals surface area contributed by atoms with Crippen LogP contribution in [0.15, 0.2) is 83.3 Å². The van der Waals surface area contributed by atoms with Crippen molar-refractivity contribution in [3.63, 3.8) is 0 Å². The van der Waals surface area contributed by atoms with Gasteiger partial charge in [0.15, 0.2) is 0 Å². The van der Waals surface area contributed by atoms with E-state index in [9.17, 15) is 0 Å². The summed E-state index contributed by atoms with van der Waals surface area (Å²) in [5.41, 5.74) is 8.13. The molecule has 0 fully saturated rings. The summed E-state index contributed by atoms with van der Waals surface area (Å²) in [6, 6.07) is 27.6. The molecule has 0 aliphatic heterocycles. The van der Waals surface area contributed by atoms with Gasteiger partial charge in [-0.1, -0.05) is 60.2 Å². The van der Waals surface area contributed by atoms with E-state index in [1.165, 1.54) is 33.2 Å². The molecule has 0 unspecified atom stereocenters. The van der Waals surface area contributed by atoms with Gasteiger partial charge in [-0.2, -0.15) is 0 Å². The lowest BCUT2D eigenvalue weighted by Crippen LogP contribution is -1.97. The zero-order valence-corrected chi connectivity index (χ0v) is 16.9. The first-order valence-electron chi connectivity index (χ1n) is 9.95. The molecular formula is C27H23NO. The molecule has 0 bridgehead atoms. The van der Waals surface area contributed by atoms with Crippen LogP contribution >= 0.6 is 0 Å². The summed E-state index contributed by atoms with van der Waals surface area (Å²) in [5.74, 6) is 0.900. The van der Waals surface area contributed by atoms with Crippen LogP contribution in [0.3, 0.4) is 0 Å². The maximum Gasteiger partial charge on any atom is 0.135 e. The normalized spacial score (nSPS) is 11.3. The first-order valence-corrected chi connectivity index (χ1v) is 9.95. The molecule has 0 aliphatic rings. The minimum absolute atomic E-state index is 0.900. The van der Waals surface area contributed by atoms with Crippen LogP contribution in [0.1, 0.15) is 16.7 Å². The lowest BCUT2D eigenvalue weighted by molar-refractivity contribution is 0.631. The zero-order valence-electron chi connectivity index (χ0n) is 16.9. The Kier molecular flexibility index (Phi) is 4.13. The highest BCUT2D eigenvalue weighted by molar-refractivity contribution is 5.98. The highest BCUT2D eigenvalue weighted by atomic mass is 16.3. The second-order valence-corrected chi connectivity index (χ2v) is 7.79. The molecule has 4 aromatic carbocycles. The van der Waals surface area contributed by atoms with E-state index in [0.29, 0.717) is 0 Å². The fraction of sp³-hybridized carbons (Fsp3) is 0.111. The number of hydrogen-bond acceptors (Lipinski definition) is 2. The minimum Gasteiger partial charge on any atom is -0.456 e. The van der Waals surface area contributed by atoms with Gasteiger partial charge in [-0.25, -0.2) is 0 Å². The Hall–Kier alpha value is -3.52. The monoisotopic (exact) mass is 377 g/mol. The van der Waals surface area contributed by atoms with Crippen molar-refractivity contribution in [1.82, 2.24) is 0 Å². The topological polar surface area (TPSA) is 25.2 Å². The van der Waals surface area contributed by atoms with Crippen molar-refractivity contribution < 1.29 is 4.42 Å². The lowest BCUT2D eigenvalue weighted by atomic mass is 10.0. The molecular weight excluding hydrogens is 354 g/mol. The number of hydrogen-bond donors (Lipinski definition) is 1. The maximum absolute atomic E-state index is 6.06. The van der Waals surface area contributed by atoms with Gasteiger partial charge in [0.05, 0.1) is 0 Å². The van der Waals surface area contributed by atoms with Crippen molar-refractivity contribution in [2.45, 2.75) is 20.8 Å². The van der Waals surface area contributed by atoms with Gasteiger partial charge < -0.3 is 9.73 Å². The van der Waals surface area contributed by atoms with Gasteiger partial charge in [0.25, 0.3) is 0 Å². The summed E-state index contributed by atoms with van der Waals surface area (Å²) >= 11 is 0. The number of para-hydroxylation sites is 1. The van der Waals surface area contributed by atoms with Crippen molar-refractivity contribution in [3.8, 4) is 11.3 Å². The van der Waals surface area contributed by atoms with Gasteiger partial charge in [0, 0.05) is 27.7 Å². The molecule has 29 heavy (non-hydrogen) atoms. The third kappa shape index (κ3) is 3.17. The highest BCUT2D eigenvalue weighted by Gasteiger charge is 2.10. The molecule has 1 heterocycles. The van der Waals surface area contributed by atoms with E-state index in [4.69, 9.17) is 4.42 Å². The molecule has 2 nitrogen and oxygen atoms in total. The highest BCUT2D eigenvalue weighted by Crippen LogP contribution is 2.34. The van der Waals surface area contributed by atoms with Crippen molar-refractivity contribution in [2.75, 3.05) is 5.32 Å². The first-order chi connectivity index (χ1) is 14.1. The number of aryl methyl sites for hydroxylation is 3. The Balaban J connectivity index is 1.57. The van der Waals surface area contributed by atoms with E-state index in [1.807, 2.05) is 18.2 Å². The van der Waals surface area contributed by atoms with Crippen molar-refractivity contribution in [3.05, 3.63) is 95.6 Å². The number of benzene rings is 4. The second kappa shape index (κ2) is 6.82. The third-order valence-corrected chi connectivity index (χ3v) is 5.53. The Bertz CT molecular complexity index is 1300. The van der Waals surface area contributed by atoms with Crippen LogP contribution in [-0.4, -0.2) is 0 Å². The minimum atomic E-state index is 0.900. The SMILES string of the molecule is Cc1cc(C)c(Nc2cccc3cc(-c4cc5ccccc5o4)ccc23)c(C)c1. The number of rotatable bonds is 3. The Morgan fingerprint density at radius 2 is 1.45 bits per heavy atom. The quantitative estimate of drug-likeness (QED) is 0.345. The van der Waals surface area contributed by atoms with E-state index >= 15 is 0 Å². The van der Waals surface area contributed by atoms with Crippen LogP contribution in [0.4, 0.5) is 11.4 Å². The van der Waals surface area contributed by atoms with Crippen LogP contribution < -0.4 is 5.32 Å². The molecule has 0 saturated carbocycles. The van der Waals surface area contributed by atoms with Crippen LogP contribution in [0.5, 0.6) is 0 Å². The molecule has 1 aromatic heterocycles. The van der Waals surface area contributed by atoms with Gasteiger partial charge in [-0.3, -0.25) is 0 Å². The molecule has 2 heteroatoms. The molecule has 0 atom stereocenters. The summed E-state index contributed by atoms with van der Waals surface area (Å²) < 4.78 is 6.06. The van der Waals surface area contributed by atoms with E-state index in [0.717, 1.165) is 28.0 Å². The van der Waals surface area contributed by atoms with Gasteiger partial charge in [-0.05, 0) is 61.5 Å². The summed E-state index contributed by atoms with van der Waals surface area (Å²) in [5, 5.41) is 7.19. The summed E-state index contributed by atoms with van der Waals surface area (Å²) in [6.45, 7) is 6.46. The van der Waals surface area contributed by atoms with Gasteiger partial charge >= 0.3 is 0 Å². The molecule has 5 aromatic rings. The standard InChI is InChI=1S/C27H23NO/c1-17-13-18(2)27(19(3)14-17)28-24-9-6-8-20-15-22(11-12-23(20)24)26-16-21-7-4-5-10-25(21)29-26/h4-16,28H,1-3H3. The smallest absolute Gasteiger partial charge is 0.135 e. The number of furan rings is 1. The van der Waals surface area contributed by atoms with Crippen LogP contribution in [0, 0.1) is 20.8 Å². The summed E-state index contributed by atoms with van der Waals surface area (Å²) in [7, 11) is 0. The van der Waals surface area contributed by atoms with Crippen molar-refractivity contribution in [2.24, 2.45) is 0 Å². The van der Waals surface area contributed by atoms with E-state index in [2.05, 4.69) is 86.8 Å². The average molecular weight is 377 g/mol. The summed E-state index contributed by atoms with van der Waals surface area (Å²) in [4.78, 5) is 0. The average Bonchev–Trinajstić information content (AvgIpc) is 3.14. The molecule has 0 aliphatic carbocycles. The largest absolute Gasteiger partial charge is 0.456 e. The Morgan fingerprint density at radius 1 is 0.690 bits per heavy atom. The molecule has 1 N–H and O–H groups in total. The predicted octanol–water partition coefficient (Wildman–Crippen LogP) is 7.92. The zero-order chi connectivity index (χ0) is 20.0. The predicted molar refractivity (Wildman–Crippen MR) is 123 cm³/mol. The fourth-order valence-corrected chi connectivity index (χ4v) is 4.18. The molecule has 142 valence electrons. The van der Waals surface area contributed by atoms with Gasteiger partial charge in [-0.15, -0.1) is 0 Å². The van der Waals surface area contributed by atoms with Gasteiger partial charge in [0.2, 0.25) is 0 Å². The van der Waals surface area contributed by atoms with Crippen LogP contribution in [0.2, 0.25) is 0 Å².